The van der Waals surface area contributed by atoms with Crippen LogP contribution in [-0.2, 0) is 32.7 Å². The zero-order valence-electron chi connectivity index (χ0n) is 31.2. The molecule has 10 heteroatoms. The molecule has 2 atom stereocenters. The molecule has 9 nitrogen and oxygen atoms in total. The first kappa shape index (κ1) is 47.2. The van der Waals surface area contributed by atoms with Crippen molar-refractivity contribution in [2.75, 3.05) is 26.4 Å². The molecule has 0 fully saturated rings. The van der Waals surface area contributed by atoms with E-state index < -0.39 is 32.5 Å². The van der Waals surface area contributed by atoms with Gasteiger partial charge in [0.1, 0.15) is 6.61 Å². The summed E-state index contributed by atoms with van der Waals surface area (Å²) < 4.78 is 32.6. The zero-order valence-corrected chi connectivity index (χ0v) is 32.1. The van der Waals surface area contributed by atoms with E-state index in [1.165, 1.54) is 83.5 Å². The van der Waals surface area contributed by atoms with E-state index in [1.807, 2.05) is 0 Å². The van der Waals surface area contributed by atoms with E-state index in [2.05, 4.69) is 50.3 Å². The maximum Gasteiger partial charge on any atom is 0.472 e. The zero-order chi connectivity index (χ0) is 36.1. The number of hydrogen-bond acceptors (Lipinski definition) is 8. The molecular formula is C39H72NO8P. The van der Waals surface area contributed by atoms with Gasteiger partial charge >= 0.3 is 19.8 Å². The average molecular weight is 714 g/mol. The Bertz CT molecular complexity index is 907. The monoisotopic (exact) mass is 713 g/mol. The molecule has 286 valence electrons. The molecule has 0 aliphatic rings. The number of allylic oxidation sites excluding steroid dienone is 6. The maximum atomic E-state index is 12.5. The fraction of sp³-hybridized carbons (Fsp3) is 0.795. The van der Waals surface area contributed by atoms with Crippen molar-refractivity contribution in [3.05, 3.63) is 36.5 Å². The lowest BCUT2D eigenvalue weighted by Gasteiger charge is -2.19. The normalized spacial score (nSPS) is 13.8. The molecule has 0 aliphatic heterocycles. The number of esters is 2. The quantitative estimate of drug-likeness (QED) is 0.0281. The Morgan fingerprint density at radius 2 is 1.08 bits per heavy atom. The molecule has 0 spiro atoms. The molecule has 0 radical (unpaired) electrons. The summed E-state index contributed by atoms with van der Waals surface area (Å²) in [5, 5.41) is 0. The summed E-state index contributed by atoms with van der Waals surface area (Å²) in [6.45, 7) is 3.65. The van der Waals surface area contributed by atoms with Gasteiger partial charge in [-0.25, -0.2) is 4.57 Å². The molecule has 3 N–H and O–H groups in total. The van der Waals surface area contributed by atoms with Gasteiger partial charge in [0.05, 0.1) is 13.2 Å². The molecule has 0 aromatic heterocycles. The van der Waals surface area contributed by atoms with Crippen molar-refractivity contribution in [1.29, 1.82) is 0 Å². The molecule has 0 saturated heterocycles. The van der Waals surface area contributed by atoms with Crippen molar-refractivity contribution in [2.45, 2.75) is 174 Å². The number of hydrogen-bond donors (Lipinski definition) is 2. The topological polar surface area (TPSA) is 134 Å². The van der Waals surface area contributed by atoms with Crippen LogP contribution >= 0.6 is 7.82 Å². The Kier molecular flexibility index (Phi) is 34.7. The van der Waals surface area contributed by atoms with Gasteiger partial charge in [-0.1, -0.05) is 147 Å². The van der Waals surface area contributed by atoms with E-state index in [1.54, 1.807) is 0 Å². The maximum absolute atomic E-state index is 12.5. The number of nitrogens with two attached hydrogens (primary N) is 1. The first-order valence-corrected chi connectivity index (χ1v) is 21.0. The van der Waals surface area contributed by atoms with E-state index >= 15 is 0 Å². The summed E-state index contributed by atoms with van der Waals surface area (Å²) >= 11 is 0. The van der Waals surface area contributed by atoms with Crippen LogP contribution in [0.3, 0.4) is 0 Å². The fourth-order valence-electron chi connectivity index (χ4n) is 5.12. The number of ether oxygens (including phenoxy) is 2. The SMILES string of the molecule is CCCCCCCCC=CCC=CCC=CCCCC(=O)OCC(COP(=O)(O)OCCN)OC(=O)CCCCCCCCCCCCC. The van der Waals surface area contributed by atoms with E-state index in [9.17, 15) is 19.0 Å². The Labute approximate surface area is 299 Å². The highest BCUT2D eigenvalue weighted by atomic mass is 31.2. The number of carbonyl (C=O) groups excluding carboxylic acids is 2. The van der Waals surface area contributed by atoms with Crippen LogP contribution in [0.15, 0.2) is 36.5 Å². The highest BCUT2D eigenvalue weighted by molar-refractivity contribution is 7.47. The summed E-state index contributed by atoms with van der Waals surface area (Å²) in [6, 6.07) is 0. The summed E-state index contributed by atoms with van der Waals surface area (Å²) in [7, 11) is -4.38. The lowest BCUT2D eigenvalue weighted by Crippen LogP contribution is -2.29. The molecule has 0 amide bonds. The summed E-state index contributed by atoms with van der Waals surface area (Å²) in [5.74, 6) is -0.890. The van der Waals surface area contributed by atoms with Crippen molar-refractivity contribution < 1.29 is 37.6 Å². The first-order valence-electron chi connectivity index (χ1n) is 19.5. The highest BCUT2D eigenvalue weighted by Crippen LogP contribution is 2.43. The van der Waals surface area contributed by atoms with Crippen LogP contribution in [0.2, 0.25) is 0 Å². The molecule has 49 heavy (non-hydrogen) atoms. The Hall–Kier alpha value is -1.77. The average Bonchev–Trinajstić information content (AvgIpc) is 3.08. The number of unbranched alkanes of at least 4 members (excludes halogenated alkanes) is 17. The minimum absolute atomic E-state index is 0.0474. The van der Waals surface area contributed by atoms with Gasteiger partial charge in [0.2, 0.25) is 0 Å². The van der Waals surface area contributed by atoms with Gasteiger partial charge in [0.15, 0.2) is 6.10 Å². The van der Waals surface area contributed by atoms with Gasteiger partial charge in [-0.15, -0.1) is 0 Å². The molecule has 0 bridgehead atoms. The predicted molar refractivity (Wildman–Crippen MR) is 201 cm³/mol. The predicted octanol–water partition coefficient (Wildman–Crippen LogP) is 10.6. The van der Waals surface area contributed by atoms with Crippen LogP contribution in [-0.4, -0.2) is 49.3 Å². The largest absolute Gasteiger partial charge is 0.472 e. The molecule has 2 unspecified atom stereocenters. The second-order valence-electron chi connectivity index (χ2n) is 12.8. The second-order valence-corrected chi connectivity index (χ2v) is 14.3. The van der Waals surface area contributed by atoms with Gasteiger partial charge in [0.25, 0.3) is 0 Å². The third-order valence-electron chi connectivity index (χ3n) is 8.03. The van der Waals surface area contributed by atoms with Gasteiger partial charge in [-0.3, -0.25) is 18.6 Å². The Balaban J connectivity index is 4.28. The van der Waals surface area contributed by atoms with Crippen molar-refractivity contribution in [3.8, 4) is 0 Å². The van der Waals surface area contributed by atoms with Crippen LogP contribution in [0.25, 0.3) is 0 Å². The van der Waals surface area contributed by atoms with Crippen LogP contribution in [0.1, 0.15) is 168 Å². The van der Waals surface area contributed by atoms with Crippen LogP contribution in [0.5, 0.6) is 0 Å². The first-order chi connectivity index (χ1) is 23.8. The van der Waals surface area contributed by atoms with E-state index in [0.29, 0.717) is 12.8 Å². The van der Waals surface area contributed by atoms with E-state index in [4.69, 9.17) is 24.3 Å². The van der Waals surface area contributed by atoms with E-state index in [0.717, 1.165) is 44.9 Å². The molecule has 0 heterocycles. The van der Waals surface area contributed by atoms with Gasteiger partial charge in [-0.05, 0) is 44.9 Å². The summed E-state index contributed by atoms with van der Waals surface area (Å²) in [4.78, 5) is 34.7. The van der Waals surface area contributed by atoms with Crippen molar-refractivity contribution in [3.63, 3.8) is 0 Å². The fourth-order valence-corrected chi connectivity index (χ4v) is 5.89. The van der Waals surface area contributed by atoms with Gasteiger partial charge in [-0.2, -0.15) is 0 Å². The molecule has 0 saturated carbocycles. The Morgan fingerprint density at radius 3 is 1.63 bits per heavy atom. The van der Waals surface area contributed by atoms with Crippen molar-refractivity contribution in [1.82, 2.24) is 0 Å². The molecule has 0 aromatic carbocycles. The molecule has 0 rings (SSSR count). The Morgan fingerprint density at radius 1 is 0.612 bits per heavy atom. The second kappa shape index (κ2) is 36.0. The molecule has 0 aliphatic carbocycles. The summed E-state index contributed by atoms with van der Waals surface area (Å²) in [5.41, 5.74) is 5.32. The number of phosphoric ester groups is 1. The highest BCUT2D eigenvalue weighted by Gasteiger charge is 2.25. The third kappa shape index (κ3) is 35.8. The minimum atomic E-state index is -4.38. The number of phosphoric acid groups is 1. The smallest absolute Gasteiger partial charge is 0.462 e. The van der Waals surface area contributed by atoms with Crippen molar-refractivity contribution >= 4 is 19.8 Å². The minimum Gasteiger partial charge on any atom is -0.462 e. The molecule has 0 aromatic rings. The van der Waals surface area contributed by atoms with Crippen LogP contribution in [0.4, 0.5) is 0 Å². The molecular weight excluding hydrogens is 641 g/mol. The van der Waals surface area contributed by atoms with E-state index in [-0.39, 0.29) is 32.6 Å². The third-order valence-corrected chi connectivity index (χ3v) is 9.01. The lowest BCUT2D eigenvalue weighted by molar-refractivity contribution is -0.161. The number of rotatable bonds is 36. The van der Waals surface area contributed by atoms with Crippen LogP contribution in [0, 0.1) is 0 Å². The lowest BCUT2D eigenvalue weighted by atomic mass is 10.1. The number of carbonyl (C=O) groups is 2. The van der Waals surface area contributed by atoms with Crippen LogP contribution < -0.4 is 5.73 Å². The van der Waals surface area contributed by atoms with Gasteiger partial charge in [0, 0.05) is 19.4 Å². The summed E-state index contributed by atoms with van der Waals surface area (Å²) in [6.07, 6.45) is 37.5. The van der Waals surface area contributed by atoms with Crippen molar-refractivity contribution in [2.24, 2.45) is 5.73 Å². The standard InChI is InChI=1S/C39H72NO8P/c1-3-5-7-9-11-13-15-16-17-18-19-20-22-23-25-27-29-31-38(41)45-35-37(36-47-49(43,44)46-34-33-40)48-39(42)32-30-28-26-24-21-14-12-10-8-6-4-2/h16-17,19-20,23,25,37H,3-15,18,21-22,24,26-36,40H2,1-2H3,(H,43,44). The van der Waals surface area contributed by atoms with Gasteiger partial charge < -0.3 is 20.1 Å².